The number of rotatable bonds is 4. The Bertz CT molecular complexity index is 1350. The number of nitrogens with zero attached hydrogens (tertiary/aromatic N) is 3. The standard InChI is InChI=1S/C20H17ClNO2.C6H5N2.3CHO.ClH.Re.Y/c1-12-4-9-19-18(10-12)17(11-13(2)23)14(3)22(19)20(24)15-5-7-16(21)8-6-15;7-5-6-3-1-2-4-8-6;3*1-2;;;/h4-10H,2,11H2,1,3H3;1-5H;3*1H;1H;;/q5*-1;;+1;/p-1. The van der Waals surface area contributed by atoms with Crippen LogP contribution >= 0.6 is 21.1 Å². The molecule has 0 amide bonds. The van der Waals surface area contributed by atoms with Gasteiger partial charge in [0.1, 0.15) is 0 Å². The van der Waals surface area contributed by atoms with Gasteiger partial charge < -0.3 is 31.5 Å². The maximum atomic E-state index is 13.0. The molecule has 0 N–H and O–H groups in total. The van der Waals surface area contributed by atoms with Crippen LogP contribution in [0.1, 0.15) is 32.9 Å². The molecular formula is C29H25Cl2N3O5ReY-5. The summed E-state index contributed by atoms with van der Waals surface area (Å²) < 4.78 is 1.66. The van der Waals surface area contributed by atoms with Crippen LogP contribution < -0.4 is 0 Å². The Morgan fingerprint density at radius 3 is 1.98 bits per heavy atom. The third-order valence-corrected chi connectivity index (χ3v) is 5.23. The summed E-state index contributed by atoms with van der Waals surface area (Å²) in [7, 11) is 4.69. The van der Waals surface area contributed by atoms with Crippen molar-refractivity contribution in [2.45, 2.75) is 20.3 Å². The Morgan fingerprint density at radius 2 is 1.54 bits per heavy atom. The predicted molar refractivity (Wildman–Crippen MR) is 156 cm³/mol. The third kappa shape index (κ3) is 13.7. The van der Waals surface area contributed by atoms with E-state index >= 15 is 0 Å². The van der Waals surface area contributed by atoms with Crippen molar-refractivity contribution in [2.75, 3.05) is 0 Å². The largest absolute Gasteiger partial charge is 0.809 e. The Balaban J connectivity index is -0.000000712. The van der Waals surface area contributed by atoms with Crippen molar-refractivity contribution in [3.8, 4) is 0 Å². The molecule has 0 atom stereocenters. The maximum absolute atomic E-state index is 13.0. The molecule has 0 aliphatic heterocycles. The van der Waals surface area contributed by atoms with E-state index in [2.05, 4.69) is 32.3 Å². The summed E-state index contributed by atoms with van der Waals surface area (Å²) in [5.74, 6) is -0.307. The Morgan fingerprint density at radius 1 is 0.976 bits per heavy atom. The number of carbonyl (C=O) groups is 2. The number of hydrogen-bond acceptors (Lipinski definition) is 6. The summed E-state index contributed by atoms with van der Waals surface area (Å²) in [5.41, 5.74) is 4.65. The minimum absolute atomic E-state index is 0. The first-order valence-electron chi connectivity index (χ1n) is 10.8. The molecule has 0 bridgehead atoms. The number of aryl methyl sites for hydroxylation is 1. The van der Waals surface area contributed by atoms with Crippen molar-refractivity contribution in [1.29, 1.82) is 0 Å². The third-order valence-electron chi connectivity index (χ3n) is 4.98. The Kier molecular flexibility index (Phi) is 26.2. The van der Waals surface area contributed by atoms with Crippen molar-refractivity contribution >= 4 is 70.3 Å². The number of carbonyl (C=O) groups excluding carboxylic acids is 5. The first-order chi connectivity index (χ1) is 19.3. The molecule has 8 nitrogen and oxygen atoms in total. The topological polar surface area (TPSA) is 125 Å². The van der Waals surface area contributed by atoms with Crippen LogP contribution in [0.2, 0.25) is 5.02 Å². The molecule has 215 valence electrons. The summed E-state index contributed by atoms with van der Waals surface area (Å²) in [6.07, 6.45) is 2.81. The number of Topliss-reactive ketones (excluding diaryl/α,β-unsaturated/α-hetero) is 1. The van der Waals surface area contributed by atoms with E-state index in [4.69, 9.17) is 40.9 Å². The van der Waals surface area contributed by atoms with E-state index in [1.165, 1.54) is 18.2 Å². The average Bonchev–Trinajstić information content (AvgIpc) is 3.27. The molecule has 0 fully saturated rings. The second-order valence-corrected chi connectivity index (χ2v) is 7.77. The van der Waals surface area contributed by atoms with Crippen molar-refractivity contribution in [3.05, 3.63) is 112 Å². The molecule has 41 heavy (non-hydrogen) atoms. The quantitative estimate of drug-likeness (QED) is 0.152. The minimum Gasteiger partial charge on any atom is -0.809 e. The van der Waals surface area contributed by atoms with Crippen LogP contribution in [0.3, 0.4) is 0 Å². The smallest absolute Gasteiger partial charge is 0.0395 e. The van der Waals surface area contributed by atoms with Crippen molar-refractivity contribution < 1.29 is 74.9 Å². The Labute approximate surface area is 285 Å². The molecule has 0 saturated carbocycles. The van der Waals surface area contributed by atoms with Crippen molar-refractivity contribution in [2.24, 2.45) is 0 Å². The van der Waals surface area contributed by atoms with Crippen LogP contribution in [-0.2, 0) is 76.5 Å². The first kappa shape index (κ1) is 42.8. The summed E-state index contributed by atoms with van der Waals surface area (Å²) in [5, 5.41) is 9.86. The van der Waals surface area contributed by atoms with E-state index in [0.29, 0.717) is 16.3 Å². The molecule has 0 aliphatic carbocycles. The van der Waals surface area contributed by atoms with Gasteiger partial charge in [-0.3, -0.25) is 34.7 Å². The summed E-state index contributed by atoms with van der Waals surface area (Å²) in [6.45, 7) is 17.1. The summed E-state index contributed by atoms with van der Waals surface area (Å²) >= 11 is 7.10. The minimum atomic E-state index is -0.169. The van der Waals surface area contributed by atoms with Gasteiger partial charge in [0, 0.05) is 78.5 Å². The van der Waals surface area contributed by atoms with Gasteiger partial charge in [-0.15, -0.1) is 0 Å². The number of pyridine rings is 1. The number of benzene rings is 2. The fourth-order valence-electron chi connectivity index (χ4n) is 3.45. The molecule has 0 saturated heterocycles. The van der Waals surface area contributed by atoms with E-state index in [-0.39, 0.29) is 50.8 Å². The van der Waals surface area contributed by atoms with Crippen molar-refractivity contribution in [1.82, 2.24) is 9.55 Å². The van der Waals surface area contributed by atoms with Gasteiger partial charge in [-0.2, -0.15) is 6.21 Å². The number of aromatic nitrogens is 2. The zero-order valence-corrected chi connectivity index (χ0v) is 29.2. The van der Waals surface area contributed by atoms with Gasteiger partial charge in [0.05, 0.1) is 5.52 Å². The zero-order chi connectivity index (χ0) is 31.3. The fraction of sp³-hybridized carbons (Fsp3) is 0.103. The molecular weight excluding hydrogens is 816 g/mol. The normalized spacial score (nSPS) is 8.51. The summed E-state index contributed by atoms with van der Waals surface area (Å²) in [4.78, 5) is 51.6. The van der Waals surface area contributed by atoms with Gasteiger partial charge in [0.15, 0.2) is 0 Å². The van der Waals surface area contributed by atoms with E-state index in [9.17, 15) is 9.59 Å². The summed E-state index contributed by atoms with van der Waals surface area (Å²) in [6, 6.07) is 18.0. The predicted octanol–water partition coefficient (Wildman–Crippen LogP) is 5.48. The van der Waals surface area contributed by atoms with Gasteiger partial charge in [-0.25, -0.2) is 0 Å². The second-order valence-electron chi connectivity index (χ2n) is 7.33. The number of hydrogen-bond donors (Lipinski definition) is 0. The van der Waals surface area contributed by atoms with Crippen LogP contribution in [0.4, 0.5) is 0 Å². The van der Waals surface area contributed by atoms with Crippen LogP contribution in [0.5, 0.6) is 0 Å². The monoisotopic (exact) mass is 841 g/mol. The molecule has 4 aromatic rings. The fourth-order valence-corrected chi connectivity index (χ4v) is 3.58. The number of ketones is 1. The van der Waals surface area contributed by atoms with E-state index < -0.39 is 0 Å². The van der Waals surface area contributed by atoms with Gasteiger partial charge in [-0.1, -0.05) is 29.3 Å². The molecule has 0 spiro atoms. The Hall–Kier alpha value is -2.63. The number of halogens is 2. The van der Waals surface area contributed by atoms with E-state index in [1.807, 2.05) is 38.1 Å². The molecule has 2 heterocycles. The number of fused-ring (bicyclic) bond motifs is 1. The van der Waals surface area contributed by atoms with Crippen LogP contribution in [-0.4, -0.2) is 47.8 Å². The van der Waals surface area contributed by atoms with Crippen LogP contribution in [0.25, 0.3) is 16.3 Å². The average molecular weight is 842 g/mol. The van der Waals surface area contributed by atoms with Gasteiger partial charge in [0.25, 0.3) is 5.91 Å². The molecule has 4 rings (SSSR count). The van der Waals surface area contributed by atoms with Crippen molar-refractivity contribution in [3.63, 3.8) is 0 Å². The van der Waals surface area contributed by atoms with E-state index in [0.717, 1.165) is 33.9 Å². The molecule has 0 aliphatic rings. The maximum Gasteiger partial charge on any atom is 0.0395 e. The molecule has 0 unspecified atom stereocenters. The second kappa shape index (κ2) is 25.1. The van der Waals surface area contributed by atoms with Gasteiger partial charge in [0.2, 0.25) is 0 Å². The molecule has 12 heteroatoms. The molecule has 1 radical (unpaired) electrons. The van der Waals surface area contributed by atoms with E-state index in [1.54, 1.807) is 47.2 Å². The van der Waals surface area contributed by atoms with Crippen LogP contribution in [0, 0.1) is 20.8 Å². The molecule has 2 aromatic heterocycles. The van der Waals surface area contributed by atoms with Gasteiger partial charge >= 0.3 is 27.7 Å². The van der Waals surface area contributed by atoms with Crippen LogP contribution in [0.15, 0.2) is 66.9 Å². The first-order valence-corrected chi connectivity index (χ1v) is 14.5. The van der Waals surface area contributed by atoms with Gasteiger partial charge in [-0.05, 0) is 67.9 Å². The molecule has 2 aromatic carbocycles. The zero-order valence-electron chi connectivity index (χ0n) is 22.2. The SMILES string of the molecule is [CH-]=O.[CH-]=O.[CH-]=O.[CH2-]C(=O)Cc1c(C)n(C(=O)c2ccc(Cl)cc2)c2ccc(C)cc12.[Cl][Re].[N-]=Cc1ccccn1.[Y].